The Bertz CT molecular complexity index is 751. The fourth-order valence-electron chi connectivity index (χ4n) is 1.73. The molecule has 0 spiro atoms. The first-order chi connectivity index (χ1) is 10.4. The summed E-state index contributed by atoms with van der Waals surface area (Å²) >= 11 is 0. The van der Waals surface area contributed by atoms with E-state index in [1.54, 1.807) is 0 Å². The summed E-state index contributed by atoms with van der Waals surface area (Å²) in [5.41, 5.74) is 7.89. The molecule has 6 nitrogen and oxygen atoms in total. The topological polar surface area (TPSA) is 87.8 Å². The molecule has 3 N–H and O–H groups in total. The molecule has 0 saturated carbocycles. The van der Waals surface area contributed by atoms with E-state index in [1.807, 2.05) is 43.3 Å². The summed E-state index contributed by atoms with van der Waals surface area (Å²) in [4.78, 5) is 4.26. The summed E-state index contributed by atoms with van der Waals surface area (Å²) in [7, 11) is 0.216. The zero-order valence-corrected chi connectivity index (χ0v) is 13.2. The van der Waals surface area contributed by atoms with Crippen LogP contribution in [0, 0.1) is 0 Å². The van der Waals surface area contributed by atoms with Gasteiger partial charge in [0, 0.05) is 25.5 Å². The van der Waals surface area contributed by atoms with Gasteiger partial charge in [-0.2, -0.15) is 13.5 Å². The summed E-state index contributed by atoms with van der Waals surface area (Å²) in [6, 6.07) is 13.5. The highest BCUT2D eigenvalue weighted by atomic mass is 32.2. The highest BCUT2D eigenvalue weighted by Gasteiger charge is 2.11. The van der Waals surface area contributed by atoms with Crippen molar-refractivity contribution in [2.75, 3.05) is 24.7 Å². The zero-order valence-electron chi connectivity index (χ0n) is 12.4. The molecule has 116 valence electrons. The van der Waals surface area contributed by atoms with E-state index in [2.05, 4.69) is 9.93 Å². The summed E-state index contributed by atoms with van der Waals surface area (Å²) in [5.74, 6) is 0. The Morgan fingerprint density at radius 1 is 1.05 bits per heavy atom. The zero-order chi connectivity index (χ0) is 16.2. The van der Waals surface area contributed by atoms with Crippen LogP contribution in [0.4, 0.5) is 11.4 Å². The van der Waals surface area contributed by atoms with Gasteiger partial charge in [0.15, 0.2) is 0 Å². The molecule has 0 aliphatic heterocycles. The lowest BCUT2D eigenvalue weighted by atomic mass is 10.2. The molecule has 0 aliphatic carbocycles. The van der Waals surface area contributed by atoms with E-state index in [4.69, 9.17) is 5.73 Å². The van der Waals surface area contributed by atoms with Crippen molar-refractivity contribution in [3.8, 4) is 0 Å². The molecule has 2 aromatic carbocycles. The monoisotopic (exact) mass is 318 g/mol. The van der Waals surface area contributed by atoms with Crippen LogP contribution in [-0.2, 0) is 10.0 Å². The first kappa shape index (κ1) is 15.8. The Morgan fingerprint density at radius 3 is 2.18 bits per heavy atom. The summed E-state index contributed by atoms with van der Waals surface area (Å²) < 4.78 is 24.0. The number of hydrazone groups is 1. The third-order valence-electron chi connectivity index (χ3n) is 2.99. The predicted octanol–water partition coefficient (Wildman–Crippen LogP) is 1.65. The van der Waals surface area contributed by atoms with E-state index in [-0.39, 0.29) is 4.90 Å². The van der Waals surface area contributed by atoms with Gasteiger partial charge in [-0.3, -0.25) is 0 Å². The Labute approximate surface area is 130 Å². The molecule has 22 heavy (non-hydrogen) atoms. The van der Waals surface area contributed by atoms with E-state index in [0.29, 0.717) is 5.69 Å². The van der Waals surface area contributed by atoms with Crippen LogP contribution in [0.15, 0.2) is 58.5 Å². The number of hydrogen-bond acceptors (Lipinski definition) is 5. The molecule has 0 radical (unpaired) electrons. The van der Waals surface area contributed by atoms with Crippen molar-refractivity contribution in [1.82, 2.24) is 4.83 Å². The van der Waals surface area contributed by atoms with Crippen LogP contribution in [0.1, 0.15) is 5.56 Å². The minimum atomic E-state index is -3.68. The highest BCUT2D eigenvalue weighted by molar-refractivity contribution is 7.89. The molecule has 7 heteroatoms. The van der Waals surface area contributed by atoms with Gasteiger partial charge in [-0.25, -0.2) is 4.83 Å². The van der Waals surface area contributed by atoms with Crippen LogP contribution < -0.4 is 15.5 Å². The lowest BCUT2D eigenvalue weighted by Gasteiger charge is -2.11. The second-order valence-corrected chi connectivity index (χ2v) is 6.57. The van der Waals surface area contributed by atoms with Gasteiger partial charge in [-0.1, -0.05) is 12.1 Å². The average Bonchev–Trinajstić information content (AvgIpc) is 2.48. The smallest absolute Gasteiger partial charge is 0.276 e. The minimum absolute atomic E-state index is 0.113. The Kier molecular flexibility index (Phi) is 4.67. The Morgan fingerprint density at radius 2 is 1.64 bits per heavy atom. The maximum atomic E-state index is 12.0. The van der Waals surface area contributed by atoms with Crippen molar-refractivity contribution in [3.05, 3.63) is 54.1 Å². The van der Waals surface area contributed by atoms with E-state index >= 15 is 0 Å². The van der Waals surface area contributed by atoms with Gasteiger partial charge in [0.25, 0.3) is 10.0 Å². The molecule has 0 bridgehead atoms. The Balaban J connectivity index is 2.06. The van der Waals surface area contributed by atoms with Crippen LogP contribution >= 0.6 is 0 Å². The van der Waals surface area contributed by atoms with Crippen molar-refractivity contribution in [2.24, 2.45) is 5.10 Å². The molecule has 0 atom stereocenters. The number of benzene rings is 2. The van der Waals surface area contributed by atoms with Crippen LogP contribution in [0.5, 0.6) is 0 Å². The molecule has 2 rings (SSSR count). The second-order valence-electron chi connectivity index (χ2n) is 4.91. The van der Waals surface area contributed by atoms with Gasteiger partial charge < -0.3 is 10.6 Å². The van der Waals surface area contributed by atoms with Crippen molar-refractivity contribution in [3.63, 3.8) is 0 Å². The van der Waals surface area contributed by atoms with Crippen LogP contribution in [0.25, 0.3) is 0 Å². The first-order valence-electron chi connectivity index (χ1n) is 6.56. The molecular weight excluding hydrogens is 300 g/mol. The van der Waals surface area contributed by atoms with Crippen LogP contribution in [-0.4, -0.2) is 28.7 Å². The van der Waals surface area contributed by atoms with Gasteiger partial charge in [0.1, 0.15) is 0 Å². The normalized spacial score (nSPS) is 11.5. The highest BCUT2D eigenvalue weighted by Crippen LogP contribution is 2.12. The molecule has 0 unspecified atom stereocenters. The SMILES string of the molecule is CN(C)c1ccc(C=NNS(=O)(=O)c2ccc(N)cc2)cc1. The van der Waals surface area contributed by atoms with Gasteiger partial charge in [-0.15, -0.1) is 0 Å². The lowest BCUT2D eigenvalue weighted by Crippen LogP contribution is -2.18. The summed E-state index contributed by atoms with van der Waals surface area (Å²) in [6.07, 6.45) is 1.45. The number of rotatable bonds is 5. The maximum Gasteiger partial charge on any atom is 0.276 e. The first-order valence-corrected chi connectivity index (χ1v) is 8.04. The molecule has 0 aliphatic rings. The number of hydrogen-bond donors (Lipinski definition) is 2. The van der Waals surface area contributed by atoms with E-state index in [9.17, 15) is 8.42 Å². The van der Waals surface area contributed by atoms with Gasteiger partial charge in [-0.05, 0) is 42.0 Å². The number of anilines is 2. The van der Waals surface area contributed by atoms with Crippen molar-refractivity contribution < 1.29 is 8.42 Å². The van der Waals surface area contributed by atoms with Gasteiger partial charge in [0.2, 0.25) is 0 Å². The molecule has 0 aromatic heterocycles. The van der Waals surface area contributed by atoms with Crippen molar-refractivity contribution >= 4 is 27.6 Å². The largest absolute Gasteiger partial charge is 0.399 e. The molecule has 2 aromatic rings. The molecule has 0 fully saturated rings. The van der Waals surface area contributed by atoms with E-state index < -0.39 is 10.0 Å². The summed E-state index contributed by atoms with van der Waals surface area (Å²) in [5, 5.41) is 3.78. The average molecular weight is 318 g/mol. The minimum Gasteiger partial charge on any atom is -0.399 e. The van der Waals surface area contributed by atoms with Crippen LogP contribution in [0.3, 0.4) is 0 Å². The van der Waals surface area contributed by atoms with Crippen molar-refractivity contribution in [1.29, 1.82) is 0 Å². The number of nitrogen functional groups attached to an aromatic ring is 1. The second kappa shape index (κ2) is 6.48. The van der Waals surface area contributed by atoms with Gasteiger partial charge in [0.05, 0.1) is 11.1 Å². The predicted molar refractivity (Wildman–Crippen MR) is 89.5 cm³/mol. The quantitative estimate of drug-likeness (QED) is 0.498. The number of nitrogens with two attached hydrogens (primary N) is 1. The van der Waals surface area contributed by atoms with E-state index in [0.717, 1.165) is 11.3 Å². The fourth-order valence-corrected chi connectivity index (χ4v) is 2.52. The third kappa shape index (κ3) is 3.98. The number of nitrogens with one attached hydrogen (secondary N) is 1. The molecule has 0 heterocycles. The maximum absolute atomic E-state index is 12.0. The summed E-state index contributed by atoms with van der Waals surface area (Å²) in [6.45, 7) is 0. The van der Waals surface area contributed by atoms with Gasteiger partial charge >= 0.3 is 0 Å². The van der Waals surface area contributed by atoms with Crippen LogP contribution in [0.2, 0.25) is 0 Å². The fraction of sp³-hybridized carbons (Fsp3) is 0.133. The molecule has 0 saturated heterocycles. The lowest BCUT2D eigenvalue weighted by molar-refractivity contribution is 0.584. The number of nitrogens with zero attached hydrogens (tertiary/aromatic N) is 2. The third-order valence-corrected chi connectivity index (χ3v) is 4.22. The van der Waals surface area contributed by atoms with E-state index in [1.165, 1.54) is 30.5 Å². The van der Waals surface area contributed by atoms with Crippen molar-refractivity contribution in [2.45, 2.75) is 4.90 Å². The molecule has 0 amide bonds. The standard InChI is InChI=1S/C15H18N4O2S/c1-19(2)14-7-3-12(4-8-14)11-17-18-22(20,21)15-9-5-13(16)6-10-15/h3-11,18H,16H2,1-2H3. The molecular formula is C15H18N4O2S. The number of sulfonamides is 1. The Hall–Kier alpha value is -2.54.